The number of unbranched alkanes of at least 4 members (excludes halogenated alkanes) is 3. The summed E-state index contributed by atoms with van der Waals surface area (Å²) in [6.07, 6.45) is 5.15. The van der Waals surface area contributed by atoms with Crippen LogP contribution < -0.4 is 15.4 Å². The van der Waals surface area contributed by atoms with Crippen LogP contribution in [-0.2, 0) is 6.54 Å². The molecule has 102 valence electrons. The van der Waals surface area contributed by atoms with Crippen molar-refractivity contribution in [2.45, 2.75) is 32.2 Å². The van der Waals surface area contributed by atoms with Gasteiger partial charge in [-0.25, -0.2) is 0 Å². The molecule has 0 amide bonds. The minimum atomic E-state index is 0.889. The molecule has 0 saturated heterocycles. The lowest BCUT2D eigenvalue weighted by Crippen LogP contribution is -2.15. The molecule has 0 aliphatic heterocycles. The quantitative estimate of drug-likeness (QED) is 0.626. The molecule has 0 radical (unpaired) electrons. The molecule has 0 atom stereocenters. The van der Waals surface area contributed by atoms with Gasteiger partial charge in [-0.2, -0.15) is 0 Å². The van der Waals surface area contributed by atoms with Crippen molar-refractivity contribution in [3.8, 4) is 5.75 Å². The molecule has 0 bridgehead atoms. The second kappa shape index (κ2) is 9.92. The van der Waals surface area contributed by atoms with Gasteiger partial charge in [-0.05, 0) is 39.0 Å². The highest BCUT2D eigenvalue weighted by Crippen LogP contribution is 2.16. The van der Waals surface area contributed by atoms with Crippen molar-refractivity contribution in [3.63, 3.8) is 0 Å². The number of para-hydroxylation sites is 1. The van der Waals surface area contributed by atoms with Gasteiger partial charge in [0.25, 0.3) is 0 Å². The molecule has 0 aliphatic rings. The fraction of sp³-hybridized carbons (Fsp3) is 0.600. The Morgan fingerprint density at radius 1 is 1.00 bits per heavy atom. The van der Waals surface area contributed by atoms with Gasteiger partial charge in [0.2, 0.25) is 0 Å². The van der Waals surface area contributed by atoms with Gasteiger partial charge in [-0.1, -0.05) is 31.0 Å². The van der Waals surface area contributed by atoms with Crippen molar-refractivity contribution >= 4 is 0 Å². The van der Waals surface area contributed by atoms with Crippen LogP contribution in [0.1, 0.15) is 31.2 Å². The molecule has 0 aromatic heterocycles. The summed E-state index contributed by atoms with van der Waals surface area (Å²) in [7, 11) is 3.73. The summed E-state index contributed by atoms with van der Waals surface area (Å²) in [5.74, 6) is 0.971. The van der Waals surface area contributed by atoms with Gasteiger partial charge in [-0.3, -0.25) is 0 Å². The molecule has 0 aliphatic carbocycles. The van der Waals surface area contributed by atoms with Crippen molar-refractivity contribution in [1.82, 2.24) is 10.6 Å². The van der Waals surface area contributed by atoms with Crippen molar-refractivity contribution in [2.24, 2.45) is 0 Å². The smallest absolute Gasteiger partial charge is 0.123 e. The Hall–Kier alpha value is -1.06. The van der Waals surface area contributed by atoms with E-state index in [0.717, 1.165) is 25.4 Å². The molecule has 3 nitrogen and oxygen atoms in total. The second-order valence-electron chi connectivity index (χ2n) is 4.51. The van der Waals surface area contributed by atoms with Crippen LogP contribution in [0.15, 0.2) is 24.3 Å². The fourth-order valence-corrected chi connectivity index (χ4v) is 1.98. The average Bonchev–Trinajstić information content (AvgIpc) is 2.42. The van der Waals surface area contributed by atoms with Crippen LogP contribution in [-0.4, -0.2) is 27.2 Å². The summed E-state index contributed by atoms with van der Waals surface area (Å²) in [6, 6.07) is 8.18. The van der Waals surface area contributed by atoms with Crippen molar-refractivity contribution in [2.75, 3.05) is 27.2 Å². The van der Waals surface area contributed by atoms with Crippen LogP contribution >= 0.6 is 0 Å². The summed E-state index contributed by atoms with van der Waals surface area (Å²) >= 11 is 0. The SMILES string of the molecule is CNCCCCCCNCc1ccccc1OC. The molecular weight excluding hydrogens is 224 g/mol. The van der Waals surface area contributed by atoms with E-state index < -0.39 is 0 Å². The lowest BCUT2D eigenvalue weighted by molar-refractivity contribution is 0.407. The van der Waals surface area contributed by atoms with Gasteiger partial charge in [0.15, 0.2) is 0 Å². The van der Waals surface area contributed by atoms with Crippen LogP contribution in [0.25, 0.3) is 0 Å². The first-order valence-corrected chi connectivity index (χ1v) is 6.85. The summed E-state index contributed by atoms with van der Waals surface area (Å²) in [5, 5.41) is 6.65. The van der Waals surface area contributed by atoms with Crippen LogP contribution in [0.2, 0.25) is 0 Å². The van der Waals surface area contributed by atoms with Gasteiger partial charge in [-0.15, -0.1) is 0 Å². The van der Waals surface area contributed by atoms with Gasteiger partial charge in [0.05, 0.1) is 7.11 Å². The highest BCUT2D eigenvalue weighted by molar-refractivity contribution is 5.32. The van der Waals surface area contributed by atoms with E-state index in [1.165, 1.54) is 31.2 Å². The van der Waals surface area contributed by atoms with E-state index in [-0.39, 0.29) is 0 Å². The molecule has 0 spiro atoms. The van der Waals surface area contributed by atoms with E-state index in [4.69, 9.17) is 4.74 Å². The number of rotatable bonds is 10. The zero-order valence-electron chi connectivity index (χ0n) is 11.7. The zero-order chi connectivity index (χ0) is 13.1. The Labute approximate surface area is 111 Å². The van der Waals surface area contributed by atoms with Crippen LogP contribution in [0, 0.1) is 0 Å². The molecule has 1 aromatic carbocycles. The first-order chi connectivity index (χ1) is 8.88. The summed E-state index contributed by atoms with van der Waals surface area (Å²) in [4.78, 5) is 0. The third-order valence-corrected chi connectivity index (χ3v) is 3.04. The van der Waals surface area contributed by atoms with Crippen LogP contribution in [0.4, 0.5) is 0 Å². The maximum Gasteiger partial charge on any atom is 0.123 e. The zero-order valence-corrected chi connectivity index (χ0v) is 11.7. The minimum Gasteiger partial charge on any atom is -0.496 e. The average molecular weight is 250 g/mol. The highest BCUT2D eigenvalue weighted by Gasteiger charge is 1.99. The molecule has 0 fully saturated rings. The molecule has 3 heteroatoms. The maximum atomic E-state index is 5.32. The third kappa shape index (κ3) is 6.03. The fourth-order valence-electron chi connectivity index (χ4n) is 1.98. The van der Waals surface area contributed by atoms with E-state index >= 15 is 0 Å². The van der Waals surface area contributed by atoms with E-state index in [1.807, 2.05) is 19.2 Å². The summed E-state index contributed by atoms with van der Waals surface area (Å²) in [6.45, 7) is 3.10. The van der Waals surface area contributed by atoms with Crippen LogP contribution in [0.5, 0.6) is 5.75 Å². The Kier molecular flexibility index (Phi) is 8.26. The molecule has 0 unspecified atom stereocenters. The number of ether oxygens (including phenoxy) is 1. The van der Waals surface area contributed by atoms with Crippen LogP contribution in [0.3, 0.4) is 0 Å². The monoisotopic (exact) mass is 250 g/mol. The number of methoxy groups -OCH3 is 1. The Morgan fingerprint density at radius 2 is 1.72 bits per heavy atom. The van der Waals surface area contributed by atoms with E-state index in [0.29, 0.717) is 0 Å². The topological polar surface area (TPSA) is 33.3 Å². The van der Waals surface area contributed by atoms with Crippen molar-refractivity contribution in [1.29, 1.82) is 0 Å². The lowest BCUT2D eigenvalue weighted by atomic mass is 10.1. The third-order valence-electron chi connectivity index (χ3n) is 3.04. The Morgan fingerprint density at radius 3 is 2.44 bits per heavy atom. The lowest BCUT2D eigenvalue weighted by Gasteiger charge is -2.09. The van der Waals surface area contributed by atoms with Gasteiger partial charge >= 0.3 is 0 Å². The molecular formula is C15H26N2O. The number of nitrogens with one attached hydrogen (secondary N) is 2. The highest BCUT2D eigenvalue weighted by atomic mass is 16.5. The van der Waals surface area contributed by atoms with E-state index in [2.05, 4.69) is 22.8 Å². The number of hydrogen-bond donors (Lipinski definition) is 2. The van der Waals surface area contributed by atoms with E-state index in [9.17, 15) is 0 Å². The minimum absolute atomic E-state index is 0.889. The molecule has 0 saturated carbocycles. The summed E-state index contributed by atoms with van der Waals surface area (Å²) in [5.41, 5.74) is 1.23. The molecule has 2 N–H and O–H groups in total. The first kappa shape index (κ1) is 15.0. The second-order valence-corrected chi connectivity index (χ2v) is 4.51. The number of hydrogen-bond acceptors (Lipinski definition) is 3. The Bertz CT molecular complexity index is 315. The molecule has 1 rings (SSSR count). The standard InChI is InChI=1S/C15H26N2O/c1-16-11-7-3-4-8-12-17-13-14-9-5-6-10-15(14)18-2/h5-6,9-10,16-17H,3-4,7-8,11-13H2,1-2H3. The predicted octanol–water partition coefficient (Wildman–Crippen LogP) is 2.56. The largest absolute Gasteiger partial charge is 0.496 e. The van der Waals surface area contributed by atoms with Crippen molar-refractivity contribution < 1.29 is 4.74 Å². The molecule has 1 aromatic rings. The van der Waals surface area contributed by atoms with Gasteiger partial charge in [0.1, 0.15) is 5.75 Å². The Balaban J connectivity index is 2.07. The van der Waals surface area contributed by atoms with Gasteiger partial charge < -0.3 is 15.4 Å². The molecule has 18 heavy (non-hydrogen) atoms. The maximum absolute atomic E-state index is 5.32. The first-order valence-electron chi connectivity index (χ1n) is 6.85. The number of benzene rings is 1. The predicted molar refractivity (Wildman–Crippen MR) is 77.1 cm³/mol. The van der Waals surface area contributed by atoms with E-state index in [1.54, 1.807) is 7.11 Å². The molecule has 0 heterocycles. The normalized spacial score (nSPS) is 10.6. The summed E-state index contributed by atoms with van der Waals surface area (Å²) < 4.78 is 5.32. The van der Waals surface area contributed by atoms with Crippen molar-refractivity contribution in [3.05, 3.63) is 29.8 Å². The van der Waals surface area contributed by atoms with Gasteiger partial charge in [0, 0.05) is 12.1 Å².